The van der Waals surface area contributed by atoms with Crippen LogP contribution >= 0.6 is 0 Å². The van der Waals surface area contributed by atoms with E-state index in [1.54, 1.807) is 27.7 Å². The van der Waals surface area contributed by atoms with Gasteiger partial charge in [0.15, 0.2) is 14.9 Å². The van der Waals surface area contributed by atoms with E-state index < -0.39 is 27.7 Å². The van der Waals surface area contributed by atoms with Crippen molar-refractivity contribution in [2.45, 2.75) is 50.6 Å². The number of halogens is 1. The molecule has 0 saturated carbocycles. The molecular weight excluding hydrogens is 296 g/mol. The van der Waals surface area contributed by atoms with Gasteiger partial charge in [-0.25, -0.2) is 17.8 Å². The maximum absolute atomic E-state index is 13.0. The molecule has 5 nitrogen and oxygen atoms in total. The topological polar surface area (TPSA) is 76.5 Å². The summed E-state index contributed by atoms with van der Waals surface area (Å²) in [6.07, 6.45) is 2.27. The second-order valence-corrected chi connectivity index (χ2v) is 7.87. The number of aromatic nitrogens is 1. The van der Waals surface area contributed by atoms with Crippen LogP contribution in [0.1, 0.15) is 33.3 Å². The molecule has 1 N–H and O–H groups in total. The van der Waals surface area contributed by atoms with Crippen molar-refractivity contribution in [3.8, 4) is 0 Å². The standard InChI is InChI=1S/C13H20BFNO4S/c1-12(2,17)13(3,4)20-14-10-6-9(7-15)11(16-8-10)21(5,18)19/h6,8,17H,7H2,1-5H3. The fourth-order valence-electron chi connectivity index (χ4n) is 1.37. The first kappa shape index (κ1) is 18.1. The summed E-state index contributed by atoms with van der Waals surface area (Å²) in [5, 5.41) is 9.70. The molecule has 0 atom stereocenters. The number of hydrogen-bond acceptors (Lipinski definition) is 5. The molecule has 0 amide bonds. The van der Waals surface area contributed by atoms with Crippen molar-refractivity contribution in [2.24, 2.45) is 0 Å². The quantitative estimate of drug-likeness (QED) is 0.784. The second-order valence-electron chi connectivity index (χ2n) is 5.94. The van der Waals surface area contributed by atoms with E-state index in [2.05, 4.69) is 4.98 Å². The highest BCUT2D eigenvalue weighted by Crippen LogP contribution is 2.24. The molecule has 21 heavy (non-hydrogen) atoms. The van der Waals surface area contributed by atoms with Crippen LogP contribution in [-0.2, 0) is 21.2 Å². The average Bonchev–Trinajstić information content (AvgIpc) is 2.33. The van der Waals surface area contributed by atoms with Gasteiger partial charge in [0.25, 0.3) is 0 Å². The number of aliphatic hydroxyl groups is 1. The summed E-state index contributed by atoms with van der Waals surface area (Å²) in [5.74, 6) is 0. The molecule has 0 aliphatic heterocycles. The number of hydrogen-bond donors (Lipinski definition) is 1. The first-order chi connectivity index (χ1) is 9.38. The minimum absolute atomic E-state index is 0.0177. The minimum Gasteiger partial charge on any atom is -0.427 e. The molecule has 0 aromatic carbocycles. The van der Waals surface area contributed by atoms with E-state index in [0.717, 1.165) is 6.26 Å². The summed E-state index contributed by atoms with van der Waals surface area (Å²) >= 11 is 0. The normalized spacial score (nSPS) is 13.3. The lowest BCUT2D eigenvalue weighted by atomic mass is 9.83. The predicted octanol–water partition coefficient (Wildman–Crippen LogP) is 0.765. The summed E-state index contributed by atoms with van der Waals surface area (Å²) in [6, 6.07) is 1.36. The molecule has 1 aromatic rings. The SMILES string of the molecule is CC(C)(O)C(C)(C)O[B]c1cnc(S(C)(=O)=O)c(CF)c1. The maximum Gasteiger partial charge on any atom is 0.332 e. The largest absolute Gasteiger partial charge is 0.427 e. The van der Waals surface area contributed by atoms with Gasteiger partial charge in [0.2, 0.25) is 0 Å². The molecule has 1 aromatic heterocycles. The van der Waals surface area contributed by atoms with Crippen molar-refractivity contribution < 1.29 is 22.6 Å². The Morgan fingerprint density at radius 2 is 1.95 bits per heavy atom. The van der Waals surface area contributed by atoms with E-state index in [9.17, 15) is 17.9 Å². The van der Waals surface area contributed by atoms with Crippen molar-refractivity contribution in [1.29, 1.82) is 0 Å². The number of pyridine rings is 1. The van der Waals surface area contributed by atoms with E-state index in [4.69, 9.17) is 4.65 Å². The highest BCUT2D eigenvalue weighted by Gasteiger charge is 2.35. The van der Waals surface area contributed by atoms with Gasteiger partial charge in [0, 0.05) is 18.0 Å². The van der Waals surface area contributed by atoms with Gasteiger partial charge in [0.1, 0.15) is 6.67 Å². The fraction of sp³-hybridized carbons (Fsp3) is 0.615. The molecule has 117 valence electrons. The third-order valence-electron chi connectivity index (χ3n) is 3.40. The van der Waals surface area contributed by atoms with Crippen LogP contribution in [0.3, 0.4) is 0 Å². The van der Waals surface area contributed by atoms with E-state index in [0.29, 0.717) is 5.46 Å². The molecule has 0 aliphatic carbocycles. The average molecular weight is 316 g/mol. The zero-order valence-corrected chi connectivity index (χ0v) is 13.7. The smallest absolute Gasteiger partial charge is 0.332 e. The van der Waals surface area contributed by atoms with Crippen molar-refractivity contribution >= 4 is 22.8 Å². The van der Waals surface area contributed by atoms with Gasteiger partial charge in [-0.1, -0.05) is 6.07 Å². The first-order valence-electron chi connectivity index (χ1n) is 6.37. The first-order valence-corrected chi connectivity index (χ1v) is 8.26. The number of rotatable bonds is 6. The Morgan fingerprint density at radius 3 is 2.38 bits per heavy atom. The third-order valence-corrected chi connectivity index (χ3v) is 4.47. The Hall–Kier alpha value is -0.985. The van der Waals surface area contributed by atoms with E-state index in [1.807, 2.05) is 0 Å². The Balaban J connectivity index is 2.98. The van der Waals surface area contributed by atoms with E-state index in [1.165, 1.54) is 19.7 Å². The van der Waals surface area contributed by atoms with Gasteiger partial charge in [-0.3, -0.25) is 0 Å². The fourth-order valence-corrected chi connectivity index (χ4v) is 2.20. The molecule has 0 fully saturated rings. The van der Waals surface area contributed by atoms with E-state index in [-0.39, 0.29) is 10.6 Å². The third kappa shape index (κ3) is 4.49. The predicted molar refractivity (Wildman–Crippen MR) is 79.0 cm³/mol. The van der Waals surface area contributed by atoms with Crippen LogP contribution in [-0.4, -0.2) is 43.4 Å². The zero-order valence-electron chi connectivity index (χ0n) is 12.8. The van der Waals surface area contributed by atoms with Gasteiger partial charge in [-0.15, -0.1) is 0 Å². The molecule has 1 heterocycles. The second kappa shape index (κ2) is 6.02. The van der Waals surface area contributed by atoms with Gasteiger partial charge in [-0.2, -0.15) is 0 Å². The van der Waals surface area contributed by atoms with Crippen LogP contribution < -0.4 is 5.46 Å². The molecule has 8 heteroatoms. The zero-order chi connectivity index (χ0) is 16.5. The monoisotopic (exact) mass is 316 g/mol. The number of nitrogens with zero attached hydrogens (tertiary/aromatic N) is 1. The molecule has 0 bridgehead atoms. The van der Waals surface area contributed by atoms with Crippen LogP contribution in [0.25, 0.3) is 0 Å². The molecule has 0 spiro atoms. The lowest BCUT2D eigenvalue weighted by Crippen LogP contribution is -2.49. The molecular formula is C13H20BFNO4S. The Kier molecular flexibility index (Phi) is 5.18. The Bertz CT molecular complexity index is 611. The van der Waals surface area contributed by atoms with Gasteiger partial charge in [0.05, 0.1) is 11.2 Å². The molecule has 1 radical (unpaired) electrons. The number of alkyl halides is 1. The summed E-state index contributed by atoms with van der Waals surface area (Å²) in [6.45, 7) is 5.69. The summed E-state index contributed by atoms with van der Waals surface area (Å²) in [4.78, 5) is 3.78. The summed E-state index contributed by atoms with van der Waals surface area (Å²) < 4.78 is 41.4. The number of sulfone groups is 1. The van der Waals surface area contributed by atoms with Crippen molar-refractivity contribution in [3.05, 3.63) is 17.8 Å². The van der Waals surface area contributed by atoms with Gasteiger partial charge < -0.3 is 9.76 Å². The molecule has 0 saturated heterocycles. The van der Waals surface area contributed by atoms with Gasteiger partial charge >= 0.3 is 7.48 Å². The lowest BCUT2D eigenvalue weighted by molar-refractivity contribution is -0.0893. The Morgan fingerprint density at radius 1 is 1.38 bits per heavy atom. The molecule has 0 unspecified atom stereocenters. The van der Waals surface area contributed by atoms with Crippen LogP contribution in [0.15, 0.2) is 17.3 Å². The molecule has 1 rings (SSSR count). The van der Waals surface area contributed by atoms with Crippen LogP contribution in [0, 0.1) is 0 Å². The lowest BCUT2D eigenvalue weighted by Gasteiger charge is -2.37. The molecule has 0 aliphatic rings. The van der Waals surface area contributed by atoms with Crippen molar-refractivity contribution in [3.63, 3.8) is 0 Å². The highest BCUT2D eigenvalue weighted by molar-refractivity contribution is 7.90. The van der Waals surface area contributed by atoms with E-state index >= 15 is 0 Å². The van der Waals surface area contributed by atoms with Gasteiger partial charge in [-0.05, 0) is 33.2 Å². The Labute approximate surface area is 125 Å². The van der Waals surface area contributed by atoms with Crippen LogP contribution in [0.5, 0.6) is 0 Å². The maximum atomic E-state index is 13.0. The minimum atomic E-state index is -3.57. The highest BCUT2D eigenvalue weighted by atomic mass is 32.2. The summed E-state index contributed by atoms with van der Waals surface area (Å²) in [7, 11) is -2.25. The van der Waals surface area contributed by atoms with Crippen LogP contribution in [0.4, 0.5) is 4.39 Å². The van der Waals surface area contributed by atoms with Crippen LogP contribution in [0.2, 0.25) is 0 Å². The summed E-state index contributed by atoms with van der Waals surface area (Å²) in [5.41, 5.74) is -1.56. The van der Waals surface area contributed by atoms with Crippen molar-refractivity contribution in [1.82, 2.24) is 4.98 Å². The van der Waals surface area contributed by atoms with Crippen molar-refractivity contribution in [2.75, 3.05) is 6.26 Å².